The molecular formula is C40H45O10Sb. The van der Waals surface area contributed by atoms with Crippen LogP contribution in [-0.2, 0) is 0 Å². The molecule has 0 amide bonds. The van der Waals surface area contributed by atoms with Gasteiger partial charge >= 0.3 is 305 Å². The van der Waals surface area contributed by atoms with Crippen molar-refractivity contribution in [3.05, 3.63) is 121 Å². The van der Waals surface area contributed by atoms with E-state index < -0.39 is 19.5 Å². The number of ether oxygens (including phenoxy) is 5. The van der Waals surface area contributed by atoms with E-state index in [1.165, 1.54) is 0 Å². The number of para-hydroxylation sites is 10. The predicted octanol–water partition coefficient (Wildman–Crippen LogP) is 9.26. The molecule has 270 valence electrons. The molecule has 5 aromatic carbocycles. The summed E-state index contributed by atoms with van der Waals surface area (Å²) in [4.78, 5) is 0. The molecule has 0 saturated carbocycles. The van der Waals surface area contributed by atoms with Crippen LogP contribution in [-0.4, -0.2) is 52.5 Å². The summed E-state index contributed by atoms with van der Waals surface area (Å²) in [6.45, 7) is 11.2. The Bertz CT molecular complexity index is 1530. The molecule has 0 bridgehead atoms. The molecule has 0 aromatic heterocycles. The van der Waals surface area contributed by atoms with Crippen molar-refractivity contribution in [3.63, 3.8) is 0 Å². The number of hydrogen-bond acceptors (Lipinski definition) is 10. The van der Waals surface area contributed by atoms with E-state index in [2.05, 4.69) is 0 Å². The zero-order valence-electron chi connectivity index (χ0n) is 29.6. The van der Waals surface area contributed by atoms with Crippen LogP contribution < -0.4 is 38.8 Å². The first-order valence-electron chi connectivity index (χ1n) is 17.1. The Kier molecular flexibility index (Phi) is 12.9. The van der Waals surface area contributed by atoms with Crippen molar-refractivity contribution in [1.82, 2.24) is 0 Å². The summed E-state index contributed by atoms with van der Waals surface area (Å²) < 4.78 is 66.3. The molecule has 0 unspecified atom stereocenters. The first-order chi connectivity index (χ1) is 24.9. The summed E-state index contributed by atoms with van der Waals surface area (Å²) in [5, 5.41) is 0. The van der Waals surface area contributed by atoms with Crippen LogP contribution in [0.4, 0.5) is 0 Å². The van der Waals surface area contributed by atoms with Crippen molar-refractivity contribution in [2.24, 2.45) is 0 Å². The second-order valence-electron chi connectivity index (χ2n) is 10.6. The third-order valence-electron chi connectivity index (χ3n) is 6.98. The molecule has 0 aliphatic rings. The van der Waals surface area contributed by atoms with Crippen LogP contribution in [0.2, 0.25) is 0 Å². The molecule has 0 atom stereocenters. The van der Waals surface area contributed by atoms with Crippen molar-refractivity contribution in [2.45, 2.75) is 34.6 Å². The number of hydrogen-bond donors (Lipinski definition) is 0. The number of benzene rings is 5. The molecule has 0 spiro atoms. The second-order valence-corrected chi connectivity index (χ2v) is 17.5. The van der Waals surface area contributed by atoms with E-state index in [1.807, 2.05) is 95.3 Å². The summed E-state index contributed by atoms with van der Waals surface area (Å²) in [5.74, 6) is 3.25. The average Bonchev–Trinajstić information content (AvgIpc) is 3.13. The molecule has 0 heterocycles. The van der Waals surface area contributed by atoms with Crippen LogP contribution >= 0.6 is 0 Å². The Morgan fingerprint density at radius 3 is 0.588 bits per heavy atom. The molecule has 51 heavy (non-hydrogen) atoms. The van der Waals surface area contributed by atoms with Crippen molar-refractivity contribution < 1.29 is 38.8 Å². The molecule has 0 radical (unpaired) electrons. The van der Waals surface area contributed by atoms with Crippen LogP contribution in [0.15, 0.2) is 121 Å². The SMILES string of the molecule is CCOc1ccccc1[O][Sb]([O]c1ccccc1OCC)([O]c1ccccc1OCC)([O]c1ccccc1OCC)[O]c1ccccc1OCC. The van der Waals surface area contributed by atoms with Crippen molar-refractivity contribution >= 4 is 19.5 Å². The van der Waals surface area contributed by atoms with Crippen LogP contribution in [0, 0.1) is 0 Å². The monoisotopic (exact) mass is 806 g/mol. The van der Waals surface area contributed by atoms with Gasteiger partial charge in [0.2, 0.25) is 0 Å². The van der Waals surface area contributed by atoms with Gasteiger partial charge < -0.3 is 0 Å². The van der Waals surface area contributed by atoms with Crippen molar-refractivity contribution in [2.75, 3.05) is 33.0 Å². The molecular weight excluding hydrogens is 762 g/mol. The minimum atomic E-state index is -7.05. The summed E-state index contributed by atoms with van der Waals surface area (Å²) in [6, 6.07) is 35.9. The van der Waals surface area contributed by atoms with Gasteiger partial charge in [0.05, 0.1) is 0 Å². The Balaban J connectivity index is 1.92. The fourth-order valence-corrected chi connectivity index (χ4v) is 12.8. The standard InChI is InChI=1S/5C8H10O2.Sb/c5*1-2-10-8-6-4-3-5-7(8)9;/h5*3-6,9H,2H2,1H3;/q;;;;;+5/p-5. The van der Waals surface area contributed by atoms with Gasteiger partial charge in [0.1, 0.15) is 0 Å². The molecule has 5 rings (SSSR count). The Morgan fingerprint density at radius 1 is 0.275 bits per heavy atom. The Labute approximate surface area is 303 Å². The second kappa shape index (κ2) is 17.7. The van der Waals surface area contributed by atoms with E-state index >= 15 is 0 Å². The van der Waals surface area contributed by atoms with Gasteiger partial charge in [-0.05, 0) is 0 Å². The van der Waals surface area contributed by atoms with Gasteiger partial charge in [-0.2, -0.15) is 0 Å². The quantitative estimate of drug-likeness (QED) is 0.0709. The molecule has 0 aliphatic carbocycles. The van der Waals surface area contributed by atoms with Gasteiger partial charge in [-0.25, -0.2) is 0 Å². The van der Waals surface area contributed by atoms with E-state index in [9.17, 15) is 0 Å². The van der Waals surface area contributed by atoms with Gasteiger partial charge in [-0.15, -0.1) is 0 Å². The molecule has 10 nitrogen and oxygen atoms in total. The fraction of sp³-hybridized carbons (Fsp3) is 0.250. The third kappa shape index (κ3) is 9.18. The van der Waals surface area contributed by atoms with E-state index in [1.54, 1.807) is 60.7 Å². The molecule has 5 aromatic rings. The molecule has 11 heteroatoms. The maximum atomic E-state index is 7.19. The van der Waals surface area contributed by atoms with Crippen LogP contribution in [0.25, 0.3) is 0 Å². The fourth-order valence-electron chi connectivity index (χ4n) is 4.99. The topological polar surface area (TPSA) is 92.3 Å². The van der Waals surface area contributed by atoms with E-state index in [0.29, 0.717) is 61.8 Å². The third-order valence-corrected chi connectivity index (χ3v) is 14.0. The van der Waals surface area contributed by atoms with Crippen LogP contribution in [0.3, 0.4) is 0 Å². The zero-order valence-corrected chi connectivity index (χ0v) is 32.2. The average molecular weight is 808 g/mol. The van der Waals surface area contributed by atoms with Crippen molar-refractivity contribution in [1.29, 1.82) is 0 Å². The van der Waals surface area contributed by atoms with Crippen molar-refractivity contribution in [3.8, 4) is 57.5 Å². The van der Waals surface area contributed by atoms with E-state index in [-0.39, 0.29) is 28.7 Å². The Hall–Kier alpha value is -5.08. The summed E-state index contributed by atoms with van der Waals surface area (Å²) >= 11 is -7.05. The van der Waals surface area contributed by atoms with Gasteiger partial charge in [-0.3, -0.25) is 0 Å². The first kappa shape index (κ1) is 37.2. The molecule has 0 aliphatic heterocycles. The van der Waals surface area contributed by atoms with Crippen LogP contribution in [0.5, 0.6) is 57.5 Å². The Morgan fingerprint density at radius 2 is 0.431 bits per heavy atom. The molecule has 0 saturated heterocycles. The van der Waals surface area contributed by atoms with E-state index in [0.717, 1.165) is 0 Å². The van der Waals surface area contributed by atoms with Gasteiger partial charge in [0.25, 0.3) is 0 Å². The predicted molar refractivity (Wildman–Crippen MR) is 197 cm³/mol. The summed E-state index contributed by atoms with van der Waals surface area (Å²) in [5.41, 5.74) is 0. The van der Waals surface area contributed by atoms with E-state index in [4.69, 9.17) is 38.8 Å². The maximum absolute atomic E-state index is 7.19. The van der Waals surface area contributed by atoms with Crippen LogP contribution in [0.1, 0.15) is 34.6 Å². The normalized spacial score (nSPS) is 11.7. The summed E-state index contributed by atoms with van der Waals surface area (Å²) in [7, 11) is 0. The minimum absolute atomic E-state index is 0.242. The van der Waals surface area contributed by atoms with Gasteiger partial charge in [0.15, 0.2) is 0 Å². The van der Waals surface area contributed by atoms with Gasteiger partial charge in [0, 0.05) is 0 Å². The van der Waals surface area contributed by atoms with Gasteiger partial charge in [-0.1, -0.05) is 0 Å². The summed E-state index contributed by atoms with van der Waals surface area (Å²) in [6.07, 6.45) is 0. The first-order valence-corrected chi connectivity index (χ1v) is 22.3. The zero-order chi connectivity index (χ0) is 36.0. The molecule has 0 fully saturated rings. The number of rotatable bonds is 20. The molecule has 0 N–H and O–H groups in total.